The number of hydrogen-bond acceptors (Lipinski definition) is 4. The lowest BCUT2D eigenvalue weighted by Crippen LogP contribution is -2.40. The van der Waals surface area contributed by atoms with E-state index in [1.165, 1.54) is 0 Å². The van der Waals surface area contributed by atoms with Crippen molar-refractivity contribution in [2.45, 2.75) is 12.8 Å². The van der Waals surface area contributed by atoms with Crippen molar-refractivity contribution in [3.63, 3.8) is 0 Å². The van der Waals surface area contributed by atoms with Crippen molar-refractivity contribution in [2.75, 3.05) is 22.8 Å². The molecule has 0 radical (unpaired) electrons. The Bertz CT molecular complexity index is 630. The molecule has 1 aromatic carbocycles. The van der Waals surface area contributed by atoms with Gasteiger partial charge in [0.15, 0.2) is 0 Å². The highest BCUT2D eigenvalue weighted by molar-refractivity contribution is 7.92. The lowest BCUT2D eigenvalue weighted by molar-refractivity contribution is -0.126. The van der Waals surface area contributed by atoms with Gasteiger partial charge in [-0.15, -0.1) is 0 Å². The monoisotopic (exact) mass is 311 g/mol. The van der Waals surface area contributed by atoms with Gasteiger partial charge >= 0.3 is 0 Å². The highest BCUT2D eigenvalue weighted by Crippen LogP contribution is 2.17. The van der Waals surface area contributed by atoms with Crippen LogP contribution in [0.1, 0.15) is 12.8 Å². The third-order valence-electron chi connectivity index (χ3n) is 3.09. The van der Waals surface area contributed by atoms with Gasteiger partial charge in [-0.3, -0.25) is 14.3 Å². The van der Waals surface area contributed by atoms with Gasteiger partial charge in [0.2, 0.25) is 21.8 Å². The summed E-state index contributed by atoms with van der Waals surface area (Å²) in [5, 5.41) is 5.41. The molecule has 21 heavy (non-hydrogen) atoms. The third-order valence-corrected chi connectivity index (χ3v) is 3.70. The summed E-state index contributed by atoms with van der Waals surface area (Å²) in [6.45, 7) is 0.346. The average Bonchev–Trinajstić information content (AvgIpc) is 2.40. The molecule has 114 valence electrons. The maximum atomic E-state index is 12.0. The fraction of sp³-hybridized carbons (Fsp3) is 0.385. The standard InChI is InChI=1S/C13H17N3O4S/c1-21(19,20)16-11-5-3-10(4-6-11)15-13(18)9-2-7-12(17)14-8-9/h3-6,9,16H,2,7-8H2,1H3,(H,14,17)(H,15,18). The molecule has 1 heterocycles. The van der Waals surface area contributed by atoms with E-state index in [1.807, 2.05) is 0 Å². The van der Waals surface area contributed by atoms with Crippen molar-refractivity contribution in [1.82, 2.24) is 5.32 Å². The second-order valence-corrected chi connectivity index (χ2v) is 6.73. The molecular weight excluding hydrogens is 294 g/mol. The van der Waals surface area contributed by atoms with Crippen LogP contribution in [0.5, 0.6) is 0 Å². The SMILES string of the molecule is CS(=O)(=O)Nc1ccc(NC(=O)C2CCC(=O)NC2)cc1. The van der Waals surface area contributed by atoms with Crippen LogP contribution in [0.2, 0.25) is 0 Å². The number of carbonyl (C=O) groups excluding carboxylic acids is 2. The molecule has 1 fully saturated rings. The first-order chi connectivity index (χ1) is 9.83. The Kier molecular flexibility index (Phi) is 4.46. The Morgan fingerprint density at radius 1 is 1.24 bits per heavy atom. The second-order valence-electron chi connectivity index (χ2n) is 4.98. The van der Waals surface area contributed by atoms with Crippen molar-refractivity contribution >= 4 is 33.2 Å². The number of amides is 2. The number of benzene rings is 1. The molecule has 1 aromatic rings. The van der Waals surface area contributed by atoms with E-state index < -0.39 is 10.0 Å². The molecule has 0 saturated carbocycles. The van der Waals surface area contributed by atoms with E-state index in [2.05, 4.69) is 15.4 Å². The van der Waals surface area contributed by atoms with Crippen LogP contribution in [0, 0.1) is 5.92 Å². The minimum Gasteiger partial charge on any atom is -0.355 e. The number of nitrogens with one attached hydrogen (secondary N) is 3. The van der Waals surface area contributed by atoms with E-state index in [0.29, 0.717) is 30.8 Å². The van der Waals surface area contributed by atoms with Crippen molar-refractivity contribution in [3.8, 4) is 0 Å². The lowest BCUT2D eigenvalue weighted by atomic mass is 9.98. The van der Waals surface area contributed by atoms with Gasteiger partial charge in [-0.25, -0.2) is 8.42 Å². The van der Waals surface area contributed by atoms with E-state index in [4.69, 9.17) is 0 Å². The lowest BCUT2D eigenvalue weighted by Gasteiger charge is -2.21. The van der Waals surface area contributed by atoms with Gasteiger partial charge in [0.05, 0.1) is 12.2 Å². The number of rotatable bonds is 4. The van der Waals surface area contributed by atoms with Crippen molar-refractivity contribution in [2.24, 2.45) is 5.92 Å². The largest absolute Gasteiger partial charge is 0.355 e. The van der Waals surface area contributed by atoms with Crippen molar-refractivity contribution < 1.29 is 18.0 Å². The van der Waals surface area contributed by atoms with Crippen molar-refractivity contribution in [3.05, 3.63) is 24.3 Å². The fourth-order valence-electron chi connectivity index (χ4n) is 2.04. The number of anilines is 2. The molecule has 1 saturated heterocycles. The molecule has 1 atom stereocenters. The summed E-state index contributed by atoms with van der Waals surface area (Å²) in [4.78, 5) is 23.1. The highest BCUT2D eigenvalue weighted by Gasteiger charge is 2.24. The van der Waals surface area contributed by atoms with E-state index >= 15 is 0 Å². The second kappa shape index (κ2) is 6.13. The molecule has 1 aliphatic rings. The first-order valence-corrected chi connectivity index (χ1v) is 8.38. The summed E-state index contributed by atoms with van der Waals surface area (Å²) < 4.78 is 24.5. The molecule has 0 spiro atoms. The van der Waals surface area contributed by atoms with Gasteiger partial charge < -0.3 is 10.6 Å². The Hall–Kier alpha value is -2.09. The highest BCUT2D eigenvalue weighted by atomic mass is 32.2. The normalized spacial score (nSPS) is 18.7. The molecule has 8 heteroatoms. The van der Waals surface area contributed by atoms with E-state index in [0.717, 1.165) is 6.26 Å². The summed E-state index contributed by atoms with van der Waals surface area (Å²) in [5.41, 5.74) is 1.01. The van der Waals surface area contributed by atoms with Gasteiger partial charge in [0.25, 0.3) is 0 Å². The van der Waals surface area contributed by atoms with E-state index in [-0.39, 0.29) is 17.7 Å². The van der Waals surface area contributed by atoms with Crippen LogP contribution < -0.4 is 15.4 Å². The number of sulfonamides is 1. The summed E-state index contributed by atoms with van der Waals surface area (Å²) in [6, 6.07) is 6.37. The average molecular weight is 311 g/mol. The zero-order valence-electron chi connectivity index (χ0n) is 11.5. The third kappa shape index (κ3) is 4.75. The maximum Gasteiger partial charge on any atom is 0.229 e. The zero-order chi connectivity index (χ0) is 15.5. The summed E-state index contributed by atoms with van der Waals surface area (Å²) in [7, 11) is -3.31. The number of carbonyl (C=O) groups is 2. The van der Waals surface area contributed by atoms with Gasteiger partial charge in [0, 0.05) is 24.3 Å². The van der Waals surface area contributed by atoms with Crippen LogP contribution in [0.4, 0.5) is 11.4 Å². The Labute approximate surface area is 123 Å². The Morgan fingerprint density at radius 3 is 2.38 bits per heavy atom. The van der Waals surface area contributed by atoms with Crippen LogP contribution in [-0.2, 0) is 19.6 Å². The van der Waals surface area contributed by atoms with Crippen LogP contribution in [0.25, 0.3) is 0 Å². The fourth-order valence-corrected chi connectivity index (χ4v) is 2.60. The molecule has 1 unspecified atom stereocenters. The zero-order valence-corrected chi connectivity index (χ0v) is 12.4. The topological polar surface area (TPSA) is 104 Å². The van der Waals surface area contributed by atoms with Crippen LogP contribution in [-0.4, -0.2) is 33.0 Å². The first-order valence-electron chi connectivity index (χ1n) is 6.49. The summed E-state index contributed by atoms with van der Waals surface area (Å²) >= 11 is 0. The quantitative estimate of drug-likeness (QED) is 0.754. The van der Waals surface area contributed by atoms with Crippen LogP contribution >= 0.6 is 0 Å². The Morgan fingerprint density at radius 2 is 1.86 bits per heavy atom. The molecule has 2 amide bonds. The smallest absolute Gasteiger partial charge is 0.229 e. The predicted octanol–water partition coefficient (Wildman–Crippen LogP) is 0.523. The molecule has 1 aliphatic heterocycles. The summed E-state index contributed by atoms with van der Waals surface area (Å²) in [5.74, 6) is -0.425. The van der Waals surface area contributed by atoms with Crippen molar-refractivity contribution in [1.29, 1.82) is 0 Å². The number of piperidine rings is 1. The van der Waals surface area contributed by atoms with Gasteiger partial charge in [-0.1, -0.05) is 0 Å². The van der Waals surface area contributed by atoms with E-state index in [1.54, 1.807) is 24.3 Å². The molecule has 0 aliphatic carbocycles. The Balaban J connectivity index is 1.94. The maximum absolute atomic E-state index is 12.0. The minimum atomic E-state index is -3.31. The number of hydrogen-bond donors (Lipinski definition) is 3. The van der Waals surface area contributed by atoms with E-state index in [9.17, 15) is 18.0 Å². The molecule has 0 bridgehead atoms. The predicted molar refractivity (Wildman–Crippen MR) is 79.3 cm³/mol. The summed E-state index contributed by atoms with van der Waals surface area (Å²) in [6.07, 6.45) is 1.96. The molecule has 3 N–H and O–H groups in total. The van der Waals surface area contributed by atoms with Gasteiger partial charge in [0.1, 0.15) is 0 Å². The van der Waals surface area contributed by atoms with Crippen LogP contribution in [0.3, 0.4) is 0 Å². The molecular formula is C13H17N3O4S. The first kappa shape index (κ1) is 15.3. The molecule has 0 aromatic heterocycles. The molecule has 2 rings (SSSR count). The van der Waals surface area contributed by atoms with Crippen LogP contribution in [0.15, 0.2) is 24.3 Å². The molecule has 7 nitrogen and oxygen atoms in total. The van der Waals surface area contributed by atoms with Gasteiger partial charge in [-0.05, 0) is 30.7 Å². The minimum absolute atomic E-state index is 0.0322. The van der Waals surface area contributed by atoms with Gasteiger partial charge in [-0.2, -0.15) is 0 Å².